The van der Waals surface area contributed by atoms with Gasteiger partial charge in [0.05, 0.1) is 27.5 Å². The molecule has 0 atom stereocenters. The summed E-state index contributed by atoms with van der Waals surface area (Å²) in [4.78, 5) is 0. The van der Waals surface area contributed by atoms with Crippen LogP contribution in [0.3, 0.4) is 0 Å². The van der Waals surface area contributed by atoms with Gasteiger partial charge in [-0.1, -0.05) is 184 Å². The molecule has 10 aromatic carbocycles. The molecule has 0 radical (unpaired) electrons. The van der Waals surface area contributed by atoms with Crippen molar-refractivity contribution in [2.24, 2.45) is 0 Å². The third kappa shape index (κ3) is 4.74. The Balaban J connectivity index is 0.962. The van der Waals surface area contributed by atoms with E-state index in [9.17, 15) is 0 Å². The summed E-state index contributed by atoms with van der Waals surface area (Å²) in [5.74, 6) is 0. The van der Waals surface area contributed by atoms with E-state index in [0.29, 0.717) is 0 Å². The molecule has 0 amide bonds. The topological polar surface area (TPSA) is 9.86 Å². The summed E-state index contributed by atoms with van der Waals surface area (Å²) in [7, 11) is 0. The molecule has 0 unspecified atom stereocenters. The smallest absolute Gasteiger partial charge is 0.0719 e. The Morgan fingerprint density at radius 1 is 0.328 bits per heavy atom. The van der Waals surface area contributed by atoms with Crippen molar-refractivity contribution < 1.29 is 0 Å². The minimum Gasteiger partial charge on any atom is -0.309 e. The second-order valence-electron chi connectivity index (χ2n) is 19.1. The summed E-state index contributed by atoms with van der Waals surface area (Å²) in [6, 6.07) is 82.4. The molecule has 0 saturated heterocycles. The molecule has 3 aromatic heterocycles. The number of benzene rings is 10. The van der Waals surface area contributed by atoms with E-state index in [4.69, 9.17) is 0 Å². The number of hydrogen-bond acceptors (Lipinski definition) is 1. The van der Waals surface area contributed by atoms with Crippen molar-refractivity contribution >= 4 is 75.1 Å². The number of thiophene rings is 1. The quantitative estimate of drug-likeness (QED) is 0.167. The summed E-state index contributed by atoms with van der Waals surface area (Å²) in [6.07, 6.45) is 0. The molecular formula is C64H42N2S. The van der Waals surface area contributed by atoms with E-state index < -0.39 is 5.41 Å². The number of para-hydroxylation sites is 3. The first-order chi connectivity index (χ1) is 33.0. The molecule has 1 spiro atoms. The van der Waals surface area contributed by atoms with Gasteiger partial charge in [0, 0.05) is 69.6 Å². The predicted molar refractivity (Wildman–Crippen MR) is 283 cm³/mol. The van der Waals surface area contributed by atoms with Gasteiger partial charge in [-0.25, -0.2) is 0 Å². The molecule has 13 aromatic rings. The zero-order valence-electron chi connectivity index (χ0n) is 37.1. The number of hydrogen-bond donors (Lipinski definition) is 0. The van der Waals surface area contributed by atoms with E-state index in [2.05, 4.69) is 241 Å². The molecule has 67 heavy (non-hydrogen) atoms. The van der Waals surface area contributed by atoms with E-state index in [1.165, 1.54) is 119 Å². The van der Waals surface area contributed by atoms with Crippen LogP contribution in [0.15, 0.2) is 218 Å². The van der Waals surface area contributed by atoms with E-state index in [1.54, 1.807) is 0 Å². The number of fused-ring (bicyclic) bond motifs is 18. The van der Waals surface area contributed by atoms with Crippen molar-refractivity contribution in [1.82, 2.24) is 9.13 Å². The van der Waals surface area contributed by atoms with Crippen molar-refractivity contribution in [1.29, 1.82) is 0 Å². The molecule has 2 aliphatic rings. The molecule has 0 saturated carbocycles. The van der Waals surface area contributed by atoms with Crippen molar-refractivity contribution in [3.63, 3.8) is 0 Å². The maximum Gasteiger partial charge on any atom is 0.0719 e. The summed E-state index contributed by atoms with van der Waals surface area (Å²) in [5, 5.41) is 7.63. The molecule has 314 valence electrons. The summed E-state index contributed by atoms with van der Waals surface area (Å²) < 4.78 is 7.66. The molecule has 15 rings (SSSR count). The van der Waals surface area contributed by atoms with Crippen LogP contribution in [0.2, 0.25) is 0 Å². The lowest BCUT2D eigenvalue weighted by molar-refractivity contribution is 0.563. The maximum absolute atomic E-state index is 2.52. The molecule has 3 heterocycles. The zero-order chi connectivity index (χ0) is 44.2. The van der Waals surface area contributed by atoms with E-state index in [-0.39, 0.29) is 5.41 Å². The lowest BCUT2D eigenvalue weighted by atomic mass is 9.55. The molecule has 2 nitrogen and oxygen atoms in total. The fourth-order valence-electron chi connectivity index (χ4n) is 12.8. The molecule has 0 bridgehead atoms. The highest BCUT2D eigenvalue weighted by Gasteiger charge is 2.53. The molecule has 3 heteroatoms. The van der Waals surface area contributed by atoms with Crippen molar-refractivity contribution in [3.05, 3.63) is 252 Å². The van der Waals surface area contributed by atoms with Gasteiger partial charge in [-0.05, 0) is 93.0 Å². The minimum atomic E-state index is -0.424. The van der Waals surface area contributed by atoms with Gasteiger partial charge >= 0.3 is 0 Å². The van der Waals surface area contributed by atoms with Gasteiger partial charge < -0.3 is 9.13 Å². The Morgan fingerprint density at radius 2 is 0.836 bits per heavy atom. The van der Waals surface area contributed by atoms with Crippen LogP contribution in [0.1, 0.15) is 47.2 Å². The van der Waals surface area contributed by atoms with Crippen molar-refractivity contribution in [2.75, 3.05) is 0 Å². The average molecular weight is 871 g/mol. The first kappa shape index (κ1) is 37.3. The lowest BCUT2D eigenvalue weighted by Gasteiger charge is -2.46. The SMILES string of the molecule is CC1(C)c2ccccc2C2(c3ccccc3-c3cc(-n4c5ccccc5c5cc(-n6c7ccccc7c7cccc(-c8cccc9c8sc8ccccc89)c76)ccc54)ccc32)c2ccccc21. The summed E-state index contributed by atoms with van der Waals surface area (Å²) >= 11 is 1.90. The maximum atomic E-state index is 2.52. The lowest BCUT2D eigenvalue weighted by Crippen LogP contribution is -2.40. The highest BCUT2D eigenvalue weighted by atomic mass is 32.1. The fourth-order valence-corrected chi connectivity index (χ4v) is 14.1. The van der Waals surface area contributed by atoms with E-state index in [0.717, 1.165) is 11.4 Å². The van der Waals surface area contributed by atoms with E-state index in [1.807, 2.05) is 11.3 Å². The van der Waals surface area contributed by atoms with Gasteiger partial charge in [0.25, 0.3) is 0 Å². The molecule has 0 N–H and O–H groups in total. The van der Waals surface area contributed by atoms with E-state index >= 15 is 0 Å². The monoisotopic (exact) mass is 870 g/mol. The van der Waals surface area contributed by atoms with Crippen molar-refractivity contribution in [3.8, 4) is 33.6 Å². The van der Waals surface area contributed by atoms with Gasteiger partial charge in [0.1, 0.15) is 0 Å². The average Bonchev–Trinajstić information content (AvgIpc) is 4.11. The number of nitrogens with zero attached hydrogens (tertiary/aromatic N) is 2. The zero-order valence-corrected chi connectivity index (χ0v) is 37.9. The van der Waals surface area contributed by atoms with Gasteiger partial charge in [0.15, 0.2) is 0 Å². The molecule has 0 aliphatic heterocycles. The Bertz CT molecular complexity index is 4220. The normalized spacial score (nSPS) is 14.4. The van der Waals surface area contributed by atoms with Crippen LogP contribution in [-0.2, 0) is 10.8 Å². The Kier molecular flexibility index (Phi) is 7.41. The Labute approximate surface area is 392 Å². The second kappa shape index (κ2) is 13.3. The van der Waals surface area contributed by atoms with Crippen LogP contribution in [-0.4, -0.2) is 9.13 Å². The van der Waals surface area contributed by atoms with Gasteiger partial charge in [-0.2, -0.15) is 0 Å². The fraction of sp³-hybridized carbons (Fsp3) is 0.0625. The van der Waals surface area contributed by atoms with Crippen LogP contribution in [0.5, 0.6) is 0 Å². The number of aromatic nitrogens is 2. The summed E-state index contributed by atoms with van der Waals surface area (Å²) in [6.45, 7) is 4.78. The van der Waals surface area contributed by atoms with Gasteiger partial charge in [-0.3, -0.25) is 0 Å². The molecule has 0 fully saturated rings. The van der Waals surface area contributed by atoms with Crippen LogP contribution >= 0.6 is 11.3 Å². The van der Waals surface area contributed by atoms with Crippen LogP contribution in [0.4, 0.5) is 0 Å². The van der Waals surface area contributed by atoms with Crippen molar-refractivity contribution in [2.45, 2.75) is 24.7 Å². The number of rotatable bonds is 3. The third-order valence-corrected chi connectivity index (χ3v) is 16.8. The highest BCUT2D eigenvalue weighted by Crippen LogP contribution is 2.62. The van der Waals surface area contributed by atoms with Crippen LogP contribution in [0, 0.1) is 0 Å². The first-order valence-corrected chi connectivity index (χ1v) is 24.2. The van der Waals surface area contributed by atoms with Gasteiger partial charge in [0.2, 0.25) is 0 Å². The van der Waals surface area contributed by atoms with Crippen LogP contribution < -0.4 is 0 Å². The summed E-state index contributed by atoms with van der Waals surface area (Å²) in [5.41, 5.74) is 20.0. The molecule has 2 aliphatic carbocycles. The molecular weight excluding hydrogens is 829 g/mol. The predicted octanol–water partition coefficient (Wildman–Crippen LogP) is 16.9. The third-order valence-electron chi connectivity index (χ3n) is 15.6. The minimum absolute atomic E-state index is 0.133. The largest absolute Gasteiger partial charge is 0.309 e. The van der Waals surface area contributed by atoms with Gasteiger partial charge in [-0.15, -0.1) is 11.3 Å². The highest BCUT2D eigenvalue weighted by molar-refractivity contribution is 7.26. The standard InChI is InChI=1S/C64H42N2S/c1-63(2)53-26-8-10-28-55(53)64(56-29-11-9-27-54(56)63)51-25-7-3-17-41(51)49-37-39(33-35-52(49)64)65-57-30-12-5-19-43(57)50-38-40(34-36-59(50)65)66-58-31-13-4-18-42(58)45-21-15-22-46(61(45)66)48-24-16-23-47-44-20-6-14-32-60(44)67-62(47)48/h3-38H,1-2H3. The van der Waals surface area contributed by atoms with Crippen LogP contribution in [0.25, 0.3) is 97.4 Å². The Hall–Kier alpha value is -7.98. The first-order valence-electron chi connectivity index (χ1n) is 23.4. The Morgan fingerprint density at radius 3 is 1.60 bits per heavy atom. The second-order valence-corrected chi connectivity index (χ2v) is 20.2.